The molecular formula is C5H12N2O2. The molecule has 0 saturated carbocycles. The molecule has 1 aliphatic heterocycles. The van der Waals surface area contributed by atoms with Gasteiger partial charge in [0.25, 0.3) is 6.47 Å². The van der Waals surface area contributed by atoms with E-state index in [2.05, 4.69) is 5.32 Å². The van der Waals surface area contributed by atoms with E-state index in [0.717, 1.165) is 19.5 Å². The van der Waals surface area contributed by atoms with Crippen molar-refractivity contribution in [3.63, 3.8) is 0 Å². The van der Waals surface area contributed by atoms with Crippen molar-refractivity contribution in [3.8, 4) is 0 Å². The second kappa shape index (κ2) is 5.53. The van der Waals surface area contributed by atoms with Gasteiger partial charge in [0.1, 0.15) is 0 Å². The van der Waals surface area contributed by atoms with Crippen LogP contribution in [0.1, 0.15) is 6.42 Å². The van der Waals surface area contributed by atoms with Crippen LogP contribution in [0, 0.1) is 0 Å². The van der Waals surface area contributed by atoms with Gasteiger partial charge < -0.3 is 16.2 Å². The highest BCUT2D eigenvalue weighted by atomic mass is 16.3. The largest absolute Gasteiger partial charge is 0.483 e. The summed E-state index contributed by atoms with van der Waals surface area (Å²) in [4.78, 5) is 8.36. The van der Waals surface area contributed by atoms with Crippen molar-refractivity contribution in [2.45, 2.75) is 12.5 Å². The van der Waals surface area contributed by atoms with Crippen molar-refractivity contribution < 1.29 is 9.90 Å². The molecule has 0 spiro atoms. The predicted molar refractivity (Wildman–Crippen MR) is 34.2 cm³/mol. The van der Waals surface area contributed by atoms with Gasteiger partial charge in [0.05, 0.1) is 0 Å². The van der Waals surface area contributed by atoms with Gasteiger partial charge in [0.15, 0.2) is 0 Å². The molecule has 4 nitrogen and oxygen atoms in total. The second-order valence-electron chi connectivity index (χ2n) is 1.86. The molecule has 0 aromatic carbocycles. The molecule has 1 unspecified atom stereocenters. The summed E-state index contributed by atoms with van der Waals surface area (Å²) in [7, 11) is 0. The van der Waals surface area contributed by atoms with Crippen molar-refractivity contribution in [2.24, 2.45) is 5.73 Å². The summed E-state index contributed by atoms with van der Waals surface area (Å²) in [5.74, 6) is 0. The minimum atomic E-state index is -0.250. The zero-order chi connectivity index (χ0) is 7.11. The third-order valence-electron chi connectivity index (χ3n) is 1.10. The highest BCUT2D eigenvalue weighted by Gasteiger charge is 2.06. The zero-order valence-corrected chi connectivity index (χ0v) is 5.21. The lowest BCUT2D eigenvalue weighted by Gasteiger charge is -1.91. The van der Waals surface area contributed by atoms with E-state index < -0.39 is 0 Å². The average molecular weight is 132 g/mol. The van der Waals surface area contributed by atoms with Gasteiger partial charge in [-0.15, -0.1) is 0 Å². The van der Waals surface area contributed by atoms with Crippen LogP contribution in [-0.4, -0.2) is 30.7 Å². The Labute approximate surface area is 54.0 Å². The van der Waals surface area contributed by atoms with Crippen LogP contribution < -0.4 is 11.1 Å². The molecule has 1 fully saturated rings. The fraction of sp³-hybridized carbons (Fsp3) is 0.800. The number of nitrogens with one attached hydrogen (secondary N) is 1. The van der Waals surface area contributed by atoms with Crippen LogP contribution in [0.3, 0.4) is 0 Å². The van der Waals surface area contributed by atoms with Crippen LogP contribution >= 0.6 is 0 Å². The lowest BCUT2D eigenvalue weighted by molar-refractivity contribution is -0.122. The number of rotatable bonds is 0. The third-order valence-corrected chi connectivity index (χ3v) is 1.10. The van der Waals surface area contributed by atoms with Crippen molar-refractivity contribution in [2.75, 3.05) is 13.1 Å². The van der Waals surface area contributed by atoms with Crippen molar-refractivity contribution in [3.05, 3.63) is 0 Å². The quantitative estimate of drug-likeness (QED) is 0.370. The second-order valence-corrected chi connectivity index (χ2v) is 1.86. The molecule has 4 N–H and O–H groups in total. The van der Waals surface area contributed by atoms with Crippen molar-refractivity contribution in [1.29, 1.82) is 0 Å². The van der Waals surface area contributed by atoms with Crippen molar-refractivity contribution >= 4 is 6.47 Å². The SMILES string of the molecule is NC1CCNC1.O=CO. The minimum absolute atomic E-state index is 0.250. The summed E-state index contributed by atoms with van der Waals surface area (Å²) in [6.07, 6.45) is 1.15. The predicted octanol–water partition coefficient (Wildman–Crippen LogP) is -0.992. The van der Waals surface area contributed by atoms with Crippen LogP contribution in [0.5, 0.6) is 0 Å². The first-order chi connectivity index (χ1) is 4.31. The number of carboxylic acid groups (broad SMARTS) is 1. The first kappa shape index (κ1) is 8.39. The van der Waals surface area contributed by atoms with Gasteiger partial charge in [-0.3, -0.25) is 4.79 Å². The molecule has 0 bridgehead atoms. The molecular weight excluding hydrogens is 120 g/mol. The molecule has 0 amide bonds. The van der Waals surface area contributed by atoms with Gasteiger partial charge in [-0.2, -0.15) is 0 Å². The van der Waals surface area contributed by atoms with Gasteiger partial charge >= 0.3 is 0 Å². The molecule has 0 aliphatic carbocycles. The van der Waals surface area contributed by atoms with E-state index in [4.69, 9.17) is 15.6 Å². The Morgan fingerprint density at radius 3 is 2.44 bits per heavy atom. The number of hydrogen-bond donors (Lipinski definition) is 3. The lowest BCUT2D eigenvalue weighted by Crippen LogP contribution is -2.21. The maximum absolute atomic E-state index is 8.36. The lowest BCUT2D eigenvalue weighted by atomic mass is 10.3. The van der Waals surface area contributed by atoms with E-state index in [9.17, 15) is 0 Å². The Morgan fingerprint density at radius 2 is 2.33 bits per heavy atom. The number of nitrogens with two attached hydrogens (primary N) is 1. The summed E-state index contributed by atoms with van der Waals surface area (Å²) in [5, 5.41) is 10.0. The molecule has 9 heavy (non-hydrogen) atoms. The van der Waals surface area contributed by atoms with E-state index in [0.29, 0.717) is 6.04 Å². The monoisotopic (exact) mass is 132 g/mol. The molecule has 1 heterocycles. The fourth-order valence-electron chi connectivity index (χ4n) is 0.677. The smallest absolute Gasteiger partial charge is 0.290 e. The van der Waals surface area contributed by atoms with Gasteiger partial charge in [0, 0.05) is 12.6 Å². The molecule has 1 rings (SSSR count). The average Bonchev–Trinajstić information content (AvgIpc) is 2.20. The highest BCUT2D eigenvalue weighted by molar-refractivity contribution is 5.32. The van der Waals surface area contributed by atoms with Gasteiger partial charge in [0.2, 0.25) is 0 Å². The first-order valence-electron chi connectivity index (χ1n) is 2.85. The fourth-order valence-corrected chi connectivity index (χ4v) is 0.677. The molecule has 0 aromatic heterocycles. The van der Waals surface area contributed by atoms with E-state index in [-0.39, 0.29) is 6.47 Å². The van der Waals surface area contributed by atoms with Crippen LogP contribution in [0.15, 0.2) is 0 Å². The van der Waals surface area contributed by atoms with E-state index in [1.807, 2.05) is 0 Å². The first-order valence-corrected chi connectivity index (χ1v) is 2.85. The number of carbonyl (C=O) groups is 1. The maximum atomic E-state index is 8.36. The Hall–Kier alpha value is -0.610. The minimum Gasteiger partial charge on any atom is -0.483 e. The van der Waals surface area contributed by atoms with Gasteiger partial charge in [-0.25, -0.2) is 0 Å². The molecule has 1 aliphatic rings. The standard InChI is InChI=1S/C4H10N2.CH2O2/c5-4-1-2-6-3-4;2-1-3/h4,6H,1-3,5H2;1H,(H,2,3). The molecule has 0 aromatic rings. The molecule has 0 radical (unpaired) electrons. The molecule has 1 saturated heterocycles. The van der Waals surface area contributed by atoms with Gasteiger partial charge in [-0.05, 0) is 13.0 Å². The summed E-state index contributed by atoms with van der Waals surface area (Å²) < 4.78 is 0. The van der Waals surface area contributed by atoms with Crippen molar-refractivity contribution in [1.82, 2.24) is 5.32 Å². The zero-order valence-electron chi connectivity index (χ0n) is 5.21. The van der Waals surface area contributed by atoms with Crippen LogP contribution in [-0.2, 0) is 4.79 Å². The summed E-state index contributed by atoms with van der Waals surface area (Å²) >= 11 is 0. The normalized spacial score (nSPS) is 24.3. The topological polar surface area (TPSA) is 75.3 Å². The number of hydrogen-bond acceptors (Lipinski definition) is 3. The maximum Gasteiger partial charge on any atom is 0.290 e. The van der Waals surface area contributed by atoms with Crippen LogP contribution in [0.4, 0.5) is 0 Å². The van der Waals surface area contributed by atoms with E-state index >= 15 is 0 Å². The molecule has 1 atom stereocenters. The Kier molecular flexibility index (Phi) is 5.15. The Morgan fingerprint density at radius 1 is 1.78 bits per heavy atom. The summed E-state index contributed by atoms with van der Waals surface area (Å²) in [6, 6.07) is 0.435. The highest BCUT2D eigenvalue weighted by Crippen LogP contribution is 1.90. The summed E-state index contributed by atoms with van der Waals surface area (Å²) in [5.41, 5.74) is 5.47. The Bertz CT molecular complexity index is 71.4. The Balaban J connectivity index is 0.000000187. The van der Waals surface area contributed by atoms with E-state index in [1.54, 1.807) is 0 Å². The van der Waals surface area contributed by atoms with Gasteiger partial charge in [-0.1, -0.05) is 0 Å². The molecule has 4 heteroatoms. The van der Waals surface area contributed by atoms with E-state index in [1.165, 1.54) is 0 Å². The third kappa shape index (κ3) is 5.26. The molecule has 54 valence electrons. The summed E-state index contributed by atoms with van der Waals surface area (Å²) in [6.45, 7) is 1.88. The van der Waals surface area contributed by atoms with Crippen LogP contribution in [0.25, 0.3) is 0 Å². The van der Waals surface area contributed by atoms with Crippen LogP contribution in [0.2, 0.25) is 0 Å².